The van der Waals surface area contributed by atoms with E-state index in [0.717, 1.165) is 18.0 Å². The Balaban J connectivity index is 2.30. The van der Waals surface area contributed by atoms with Crippen LogP contribution in [0.3, 0.4) is 0 Å². The molecule has 2 aromatic rings. The Morgan fingerprint density at radius 2 is 2.29 bits per heavy atom. The van der Waals surface area contributed by atoms with Crippen LogP contribution in [0.4, 0.5) is 16.5 Å². The molecule has 1 aromatic heterocycles. The van der Waals surface area contributed by atoms with Crippen molar-refractivity contribution >= 4 is 33.9 Å². The van der Waals surface area contributed by atoms with Crippen molar-refractivity contribution in [1.82, 2.24) is 14.8 Å². The zero-order valence-electron chi connectivity index (χ0n) is 11.1. The molecule has 0 aliphatic heterocycles. The van der Waals surface area contributed by atoms with Crippen molar-refractivity contribution in [3.05, 3.63) is 33.9 Å². The lowest BCUT2D eigenvalue weighted by Crippen LogP contribution is -2.15. The minimum atomic E-state index is -0.549. The molecule has 0 atom stereocenters. The van der Waals surface area contributed by atoms with Gasteiger partial charge in [0.25, 0.3) is 11.6 Å². The highest BCUT2D eigenvalue weighted by molar-refractivity contribution is 7.09. The second-order valence-corrected chi connectivity index (χ2v) is 4.77. The summed E-state index contributed by atoms with van der Waals surface area (Å²) in [7, 11) is 0. The maximum atomic E-state index is 12.2. The molecule has 2 N–H and O–H groups in total. The highest BCUT2D eigenvalue weighted by Gasteiger charge is 2.17. The van der Waals surface area contributed by atoms with Crippen LogP contribution in [-0.4, -0.2) is 32.2 Å². The number of hydrogen-bond acceptors (Lipinski definition) is 8. The highest BCUT2D eigenvalue weighted by atomic mass is 32.1. The van der Waals surface area contributed by atoms with E-state index in [0.29, 0.717) is 12.2 Å². The molecule has 0 aliphatic rings. The van der Waals surface area contributed by atoms with Crippen LogP contribution in [0.1, 0.15) is 23.7 Å². The second-order valence-electron chi connectivity index (χ2n) is 4.04. The van der Waals surface area contributed by atoms with Gasteiger partial charge in [-0.2, -0.15) is 0 Å². The average Bonchev–Trinajstić information content (AvgIpc) is 2.97. The number of amides is 1. The van der Waals surface area contributed by atoms with Crippen molar-refractivity contribution in [3.8, 4) is 0 Å². The highest BCUT2D eigenvalue weighted by Crippen LogP contribution is 2.23. The number of non-ortho nitro benzene ring substituents is 1. The van der Waals surface area contributed by atoms with Gasteiger partial charge in [-0.25, -0.2) is 0 Å². The van der Waals surface area contributed by atoms with Crippen molar-refractivity contribution in [2.75, 3.05) is 17.2 Å². The van der Waals surface area contributed by atoms with Gasteiger partial charge >= 0.3 is 0 Å². The number of rotatable bonds is 6. The second kappa shape index (κ2) is 6.70. The molecule has 9 nitrogen and oxygen atoms in total. The third kappa shape index (κ3) is 3.69. The number of nitro groups is 1. The Kier molecular flexibility index (Phi) is 4.72. The van der Waals surface area contributed by atoms with E-state index >= 15 is 0 Å². The van der Waals surface area contributed by atoms with Gasteiger partial charge in [0.1, 0.15) is 0 Å². The summed E-state index contributed by atoms with van der Waals surface area (Å²) < 4.78 is 3.53. The summed E-state index contributed by atoms with van der Waals surface area (Å²) in [4.78, 5) is 22.5. The first-order valence-corrected chi connectivity index (χ1v) is 6.88. The molecule has 0 fully saturated rings. The minimum Gasteiger partial charge on any atom is -0.384 e. The van der Waals surface area contributed by atoms with Crippen LogP contribution in [-0.2, 0) is 0 Å². The topological polar surface area (TPSA) is 123 Å². The molecule has 0 radical (unpaired) electrons. The van der Waals surface area contributed by atoms with Gasteiger partial charge < -0.3 is 5.32 Å². The van der Waals surface area contributed by atoms with Crippen molar-refractivity contribution in [2.24, 2.45) is 0 Å². The van der Waals surface area contributed by atoms with Gasteiger partial charge in [0, 0.05) is 35.9 Å². The quantitative estimate of drug-likeness (QED) is 0.617. The Morgan fingerprint density at radius 3 is 2.90 bits per heavy atom. The van der Waals surface area contributed by atoms with Crippen LogP contribution in [0.25, 0.3) is 0 Å². The maximum Gasteiger partial charge on any atom is 0.270 e. The monoisotopic (exact) mass is 308 g/mol. The molecule has 0 saturated carbocycles. The first kappa shape index (κ1) is 14.8. The third-order valence-electron chi connectivity index (χ3n) is 2.54. The fraction of sp³-hybridized carbons (Fsp3) is 0.273. The lowest BCUT2D eigenvalue weighted by atomic mass is 10.1. The van der Waals surface area contributed by atoms with E-state index in [2.05, 4.69) is 25.4 Å². The molecule has 0 bridgehead atoms. The molecular weight excluding hydrogens is 296 g/mol. The van der Waals surface area contributed by atoms with Crippen molar-refractivity contribution in [2.45, 2.75) is 13.3 Å². The smallest absolute Gasteiger partial charge is 0.270 e. The molecule has 0 spiro atoms. The number of benzene rings is 1. The zero-order valence-corrected chi connectivity index (χ0v) is 11.9. The fourth-order valence-electron chi connectivity index (χ4n) is 1.59. The van der Waals surface area contributed by atoms with Gasteiger partial charge in [0.2, 0.25) is 5.13 Å². The summed E-state index contributed by atoms with van der Waals surface area (Å²) in [5.74, 6) is -0.504. The van der Waals surface area contributed by atoms with Crippen LogP contribution in [0.15, 0.2) is 18.2 Å². The molecule has 2 rings (SSSR count). The van der Waals surface area contributed by atoms with E-state index in [9.17, 15) is 14.9 Å². The van der Waals surface area contributed by atoms with E-state index < -0.39 is 10.8 Å². The number of nitrogens with zero attached hydrogens (tertiary/aromatic N) is 4. The zero-order chi connectivity index (χ0) is 15.2. The maximum absolute atomic E-state index is 12.2. The lowest BCUT2D eigenvalue weighted by Gasteiger charge is -2.10. The van der Waals surface area contributed by atoms with E-state index in [1.165, 1.54) is 18.2 Å². The van der Waals surface area contributed by atoms with Gasteiger partial charge in [0.15, 0.2) is 0 Å². The minimum absolute atomic E-state index is 0.155. The van der Waals surface area contributed by atoms with Gasteiger partial charge in [-0.3, -0.25) is 20.2 Å². The van der Waals surface area contributed by atoms with E-state index in [1.807, 2.05) is 6.92 Å². The number of nitrogens with one attached hydrogen (secondary N) is 2. The largest absolute Gasteiger partial charge is 0.384 e. The number of carbonyl (C=O) groups excluding carboxylic acids is 1. The first-order valence-electron chi connectivity index (χ1n) is 6.10. The molecule has 0 unspecified atom stereocenters. The summed E-state index contributed by atoms with van der Waals surface area (Å²) >= 11 is 0.922. The van der Waals surface area contributed by atoms with Crippen molar-refractivity contribution in [1.29, 1.82) is 0 Å². The van der Waals surface area contributed by atoms with Gasteiger partial charge in [-0.15, -0.1) is 0 Å². The molecule has 0 aliphatic carbocycles. The van der Waals surface area contributed by atoms with Gasteiger partial charge in [-0.1, -0.05) is 16.5 Å². The summed E-state index contributed by atoms with van der Waals surface area (Å²) in [6.07, 6.45) is 0.859. The van der Waals surface area contributed by atoms with Crippen LogP contribution in [0.5, 0.6) is 0 Å². The third-order valence-corrected chi connectivity index (χ3v) is 3.06. The average molecular weight is 308 g/mol. The molecule has 1 aromatic carbocycles. The van der Waals surface area contributed by atoms with Crippen molar-refractivity contribution < 1.29 is 9.72 Å². The number of carbonyl (C=O) groups is 1. The summed E-state index contributed by atoms with van der Waals surface area (Å²) in [5.41, 5.74) is 0.544. The normalized spacial score (nSPS) is 10.1. The number of nitro benzene ring substituents is 1. The predicted octanol–water partition coefficient (Wildman–Crippen LogP) is 1.92. The number of hydrogen-bond donors (Lipinski definition) is 2. The van der Waals surface area contributed by atoms with Gasteiger partial charge in [-0.05, 0) is 17.7 Å². The lowest BCUT2D eigenvalue weighted by molar-refractivity contribution is -0.384. The molecule has 1 amide bonds. The predicted molar refractivity (Wildman–Crippen MR) is 77.5 cm³/mol. The van der Waals surface area contributed by atoms with Crippen LogP contribution >= 0.6 is 11.5 Å². The van der Waals surface area contributed by atoms with E-state index in [4.69, 9.17) is 0 Å². The first-order chi connectivity index (χ1) is 10.1. The van der Waals surface area contributed by atoms with Crippen molar-refractivity contribution in [3.63, 3.8) is 0 Å². The van der Waals surface area contributed by atoms with Crippen LogP contribution in [0.2, 0.25) is 0 Å². The Morgan fingerprint density at radius 1 is 1.48 bits per heavy atom. The van der Waals surface area contributed by atoms with E-state index in [1.54, 1.807) is 0 Å². The molecule has 1 heterocycles. The number of aromatic nitrogens is 3. The molecule has 10 heteroatoms. The standard InChI is InChI=1S/C11H12N6O3S/c1-2-5-12-9-4-3-7(17(19)20)6-8(9)10(18)13-11-14-15-16-21-11/h3-4,6,12H,2,5H2,1H3,(H,13,14,16,18). The fourth-order valence-corrected chi connectivity index (χ4v) is 1.96. The summed E-state index contributed by atoms with van der Waals surface area (Å²) in [5, 5.41) is 23.6. The summed E-state index contributed by atoms with van der Waals surface area (Å²) in [6, 6.07) is 4.09. The summed E-state index contributed by atoms with van der Waals surface area (Å²) in [6.45, 7) is 2.63. The SMILES string of the molecule is CCCNc1ccc([N+](=O)[O-])cc1C(=O)Nc1nnns1. The molecule has 21 heavy (non-hydrogen) atoms. The Bertz CT molecular complexity index is 645. The molecule has 110 valence electrons. The Labute approximate surface area is 123 Å². The van der Waals surface area contributed by atoms with Gasteiger partial charge in [0.05, 0.1) is 10.5 Å². The molecular formula is C11H12N6O3S. The Hall–Kier alpha value is -2.62. The molecule has 0 saturated heterocycles. The number of anilines is 2. The van der Waals surface area contributed by atoms with Crippen LogP contribution in [0, 0.1) is 10.1 Å². The van der Waals surface area contributed by atoms with Crippen LogP contribution < -0.4 is 10.6 Å². The van der Waals surface area contributed by atoms with E-state index in [-0.39, 0.29) is 16.4 Å².